The van der Waals surface area contributed by atoms with Crippen LogP contribution in [-0.2, 0) is 12.0 Å². The van der Waals surface area contributed by atoms with E-state index in [1.807, 2.05) is 12.1 Å². The van der Waals surface area contributed by atoms with E-state index in [4.69, 9.17) is 4.74 Å². The topological polar surface area (TPSA) is 47.0 Å². The summed E-state index contributed by atoms with van der Waals surface area (Å²) in [4.78, 5) is 4.53. The van der Waals surface area contributed by atoms with Gasteiger partial charge in [-0.1, -0.05) is 26.8 Å². The summed E-state index contributed by atoms with van der Waals surface area (Å²) in [5, 5.41) is 4.18. The van der Waals surface area contributed by atoms with E-state index in [1.54, 1.807) is 7.11 Å². The quantitative estimate of drug-likeness (QED) is 0.931. The number of methoxy groups -OCH3 is 1. The SMILES string of the molecule is COc1cc(C)cc(CNc2nc(C(C)(C)C)ns2)c1. The van der Waals surface area contributed by atoms with Gasteiger partial charge in [0.05, 0.1) is 7.11 Å². The molecule has 1 heterocycles. The molecule has 0 atom stereocenters. The third-order valence-electron chi connectivity index (χ3n) is 2.89. The van der Waals surface area contributed by atoms with Gasteiger partial charge in [0, 0.05) is 23.5 Å². The molecule has 1 N–H and O–H groups in total. The Morgan fingerprint density at radius 1 is 1.25 bits per heavy atom. The first-order valence-electron chi connectivity index (χ1n) is 6.61. The van der Waals surface area contributed by atoms with Crippen LogP contribution < -0.4 is 10.1 Å². The predicted octanol–water partition coefficient (Wildman–Crippen LogP) is 3.76. The maximum Gasteiger partial charge on any atom is 0.202 e. The normalized spacial score (nSPS) is 11.4. The fourth-order valence-corrected chi connectivity index (χ4v) is 2.57. The Balaban J connectivity index is 2.05. The van der Waals surface area contributed by atoms with Crippen molar-refractivity contribution >= 4 is 16.7 Å². The zero-order valence-corrected chi connectivity index (χ0v) is 13.5. The van der Waals surface area contributed by atoms with Crippen LogP contribution in [0.5, 0.6) is 5.75 Å². The van der Waals surface area contributed by atoms with E-state index in [0.717, 1.165) is 23.3 Å². The van der Waals surface area contributed by atoms with Gasteiger partial charge in [0.1, 0.15) is 11.6 Å². The highest BCUT2D eigenvalue weighted by atomic mass is 32.1. The zero-order chi connectivity index (χ0) is 14.8. The van der Waals surface area contributed by atoms with Crippen LogP contribution >= 0.6 is 11.5 Å². The molecule has 0 amide bonds. The number of nitrogens with one attached hydrogen (secondary N) is 1. The van der Waals surface area contributed by atoms with Crippen LogP contribution in [0.25, 0.3) is 0 Å². The van der Waals surface area contributed by atoms with Gasteiger partial charge in [-0.05, 0) is 30.2 Å². The molecule has 0 aliphatic rings. The number of rotatable bonds is 4. The molecule has 108 valence electrons. The van der Waals surface area contributed by atoms with E-state index in [0.29, 0.717) is 0 Å². The molecule has 0 saturated carbocycles. The first kappa shape index (κ1) is 14.8. The molecule has 0 aliphatic heterocycles. The van der Waals surface area contributed by atoms with E-state index in [9.17, 15) is 0 Å². The maximum atomic E-state index is 5.28. The molecular formula is C15H21N3OS. The highest BCUT2D eigenvalue weighted by Crippen LogP contribution is 2.23. The minimum Gasteiger partial charge on any atom is -0.497 e. The zero-order valence-electron chi connectivity index (χ0n) is 12.7. The summed E-state index contributed by atoms with van der Waals surface area (Å²) in [5.74, 6) is 1.77. The number of nitrogens with zero attached hydrogens (tertiary/aromatic N) is 2. The molecule has 1 aromatic heterocycles. The van der Waals surface area contributed by atoms with Crippen LogP contribution in [-0.4, -0.2) is 16.5 Å². The summed E-state index contributed by atoms with van der Waals surface area (Å²) in [5.41, 5.74) is 2.35. The molecule has 0 aliphatic carbocycles. The Kier molecular flexibility index (Phi) is 4.28. The molecule has 1 aromatic carbocycles. The number of benzene rings is 1. The van der Waals surface area contributed by atoms with Crippen molar-refractivity contribution in [1.82, 2.24) is 9.36 Å². The number of aromatic nitrogens is 2. The third-order valence-corrected chi connectivity index (χ3v) is 3.56. The lowest BCUT2D eigenvalue weighted by atomic mass is 9.96. The van der Waals surface area contributed by atoms with Crippen LogP contribution in [0.3, 0.4) is 0 Å². The number of anilines is 1. The first-order chi connectivity index (χ1) is 9.38. The van der Waals surface area contributed by atoms with Crippen molar-refractivity contribution in [1.29, 1.82) is 0 Å². The van der Waals surface area contributed by atoms with Crippen molar-refractivity contribution in [3.8, 4) is 5.75 Å². The second-order valence-electron chi connectivity index (χ2n) is 5.89. The molecular weight excluding hydrogens is 270 g/mol. The van der Waals surface area contributed by atoms with Crippen LogP contribution in [0.15, 0.2) is 18.2 Å². The highest BCUT2D eigenvalue weighted by molar-refractivity contribution is 7.09. The smallest absolute Gasteiger partial charge is 0.202 e. The van der Waals surface area contributed by atoms with Crippen molar-refractivity contribution in [2.24, 2.45) is 0 Å². The van der Waals surface area contributed by atoms with E-state index >= 15 is 0 Å². The number of hydrogen-bond acceptors (Lipinski definition) is 5. The standard InChI is InChI=1S/C15H21N3OS/c1-10-6-11(8-12(7-10)19-5)9-16-14-17-13(18-20-14)15(2,3)4/h6-8H,9H2,1-5H3,(H,16,17,18). The summed E-state index contributed by atoms with van der Waals surface area (Å²) in [6.45, 7) is 9.13. The lowest BCUT2D eigenvalue weighted by Gasteiger charge is -2.12. The predicted molar refractivity (Wildman–Crippen MR) is 83.7 cm³/mol. The van der Waals surface area contributed by atoms with Crippen molar-refractivity contribution in [3.63, 3.8) is 0 Å². The Bertz CT molecular complexity index is 587. The molecule has 0 saturated heterocycles. The molecule has 5 heteroatoms. The number of ether oxygens (including phenoxy) is 1. The van der Waals surface area contributed by atoms with Crippen molar-refractivity contribution in [2.75, 3.05) is 12.4 Å². The third kappa shape index (κ3) is 3.70. The van der Waals surface area contributed by atoms with Crippen LogP contribution in [0.4, 0.5) is 5.13 Å². The number of hydrogen-bond donors (Lipinski definition) is 1. The van der Waals surface area contributed by atoms with E-state index in [1.165, 1.54) is 22.7 Å². The lowest BCUT2D eigenvalue weighted by molar-refractivity contribution is 0.414. The maximum absolute atomic E-state index is 5.28. The first-order valence-corrected chi connectivity index (χ1v) is 7.38. The minimum absolute atomic E-state index is 0.0109. The van der Waals surface area contributed by atoms with Gasteiger partial charge in [-0.2, -0.15) is 4.37 Å². The van der Waals surface area contributed by atoms with Gasteiger partial charge < -0.3 is 10.1 Å². The average molecular weight is 291 g/mol. The van der Waals surface area contributed by atoms with Gasteiger partial charge in [-0.15, -0.1) is 0 Å². The molecule has 0 bridgehead atoms. The van der Waals surface area contributed by atoms with Crippen molar-refractivity contribution < 1.29 is 4.74 Å². The van der Waals surface area contributed by atoms with Crippen LogP contribution in [0.2, 0.25) is 0 Å². The van der Waals surface area contributed by atoms with Gasteiger partial charge in [0.25, 0.3) is 0 Å². The monoisotopic (exact) mass is 291 g/mol. The molecule has 2 rings (SSSR count). The lowest BCUT2D eigenvalue weighted by Crippen LogP contribution is -2.13. The summed E-state index contributed by atoms with van der Waals surface area (Å²) in [6, 6.07) is 6.19. The Hall–Kier alpha value is -1.62. The van der Waals surface area contributed by atoms with Gasteiger partial charge >= 0.3 is 0 Å². The van der Waals surface area contributed by atoms with E-state index in [-0.39, 0.29) is 5.41 Å². The second-order valence-corrected chi connectivity index (χ2v) is 6.64. The summed E-state index contributed by atoms with van der Waals surface area (Å²) in [6.07, 6.45) is 0. The van der Waals surface area contributed by atoms with Gasteiger partial charge in [0.2, 0.25) is 5.13 Å². The Morgan fingerprint density at radius 3 is 2.60 bits per heavy atom. The molecule has 0 fully saturated rings. The van der Waals surface area contributed by atoms with Crippen LogP contribution in [0, 0.1) is 6.92 Å². The highest BCUT2D eigenvalue weighted by Gasteiger charge is 2.19. The Labute approximate surface area is 124 Å². The van der Waals surface area contributed by atoms with Gasteiger partial charge in [-0.25, -0.2) is 4.98 Å². The van der Waals surface area contributed by atoms with Crippen molar-refractivity contribution in [2.45, 2.75) is 39.7 Å². The summed E-state index contributed by atoms with van der Waals surface area (Å²) in [7, 11) is 1.69. The van der Waals surface area contributed by atoms with Crippen LogP contribution in [0.1, 0.15) is 37.7 Å². The average Bonchev–Trinajstić information content (AvgIpc) is 2.84. The molecule has 0 radical (unpaired) electrons. The molecule has 2 aromatic rings. The van der Waals surface area contributed by atoms with Gasteiger partial charge in [0.15, 0.2) is 0 Å². The Morgan fingerprint density at radius 2 is 2.00 bits per heavy atom. The minimum atomic E-state index is -0.0109. The number of aryl methyl sites for hydroxylation is 1. The molecule has 4 nitrogen and oxygen atoms in total. The van der Waals surface area contributed by atoms with Crippen molar-refractivity contribution in [3.05, 3.63) is 35.2 Å². The molecule has 0 unspecified atom stereocenters. The summed E-state index contributed by atoms with van der Waals surface area (Å²) < 4.78 is 9.68. The summed E-state index contributed by atoms with van der Waals surface area (Å²) >= 11 is 1.41. The van der Waals surface area contributed by atoms with Gasteiger partial charge in [-0.3, -0.25) is 0 Å². The van der Waals surface area contributed by atoms with E-state index < -0.39 is 0 Å². The second kappa shape index (κ2) is 5.79. The fourth-order valence-electron chi connectivity index (χ4n) is 1.82. The molecule has 0 spiro atoms. The fraction of sp³-hybridized carbons (Fsp3) is 0.467. The largest absolute Gasteiger partial charge is 0.497 e. The molecule has 20 heavy (non-hydrogen) atoms. The van der Waals surface area contributed by atoms with E-state index in [2.05, 4.69) is 48.4 Å².